The lowest BCUT2D eigenvalue weighted by Crippen LogP contribution is -2.31. The number of hydrogen-bond acceptors (Lipinski definition) is 4. The van der Waals surface area contributed by atoms with Gasteiger partial charge in [0.15, 0.2) is 5.16 Å². The van der Waals surface area contributed by atoms with Crippen LogP contribution >= 0.6 is 11.8 Å². The van der Waals surface area contributed by atoms with Gasteiger partial charge in [-0.3, -0.25) is 9.59 Å². The van der Waals surface area contributed by atoms with Crippen molar-refractivity contribution in [3.05, 3.63) is 51.6 Å². The maximum Gasteiger partial charge on any atom is 0.257 e. The molecule has 0 aliphatic carbocycles. The molecule has 0 spiro atoms. The molecule has 1 amide bonds. The molecule has 0 fully saturated rings. The summed E-state index contributed by atoms with van der Waals surface area (Å²) in [5, 5.41) is 3.00. The summed E-state index contributed by atoms with van der Waals surface area (Å²) in [7, 11) is 0. The van der Waals surface area contributed by atoms with Crippen LogP contribution < -0.4 is 10.9 Å². The Morgan fingerprint density at radius 2 is 2.10 bits per heavy atom. The van der Waals surface area contributed by atoms with E-state index in [4.69, 9.17) is 0 Å². The van der Waals surface area contributed by atoms with E-state index in [1.165, 1.54) is 17.8 Å². The Morgan fingerprint density at radius 1 is 1.33 bits per heavy atom. The van der Waals surface area contributed by atoms with E-state index in [9.17, 15) is 14.0 Å². The highest BCUT2D eigenvalue weighted by Gasteiger charge is 2.32. The van der Waals surface area contributed by atoms with Crippen molar-refractivity contribution in [3.8, 4) is 0 Å². The minimum Gasteiger partial charge on any atom is -0.310 e. The number of rotatable bonds is 2. The summed E-state index contributed by atoms with van der Waals surface area (Å²) >= 11 is 1.27. The second-order valence-corrected chi connectivity index (χ2v) is 5.46. The molecule has 0 saturated heterocycles. The largest absolute Gasteiger partial charge is 0.310 e. The molecular formula is C14H12FN3O2S. The zero-order chi connectivity index (χ0) is 15.0. The molecule has 7 heteroatoms. The fraction of sp³-hybridized carbons (Fsp3) is 0.214. The SMILES string of the molecule is CSc1nc2c(c(=O)[nH]1)[C@@H](c1ccccc1F)CC(=O)N2. The third-order valence-electron chi connectivity index (χ3n) is 3.40. The number of nitrogens with zero attached hydrogens (tertiary/aromatic N) is 1. The van der Waals surface area contributed by atoms with Gasteiger partial charge < -0.3 is 10.3 Å². The Morgan fingerprint density at radius 3 is 2.81 bits per heavy atom. The number of nitrogens with one attached hydrogen (secondary N) is 2. The first kappa shape index (κ1) is 13.8. The first-order valence-corrected chi connectivity index (χ1v) is 7.55. The Labute approximate surface area is 124 Å². The lowest BCUT2D eigenvalue weighted by Gasteiger charge is -2.24. The number of carbonyl (C=O) groups is 1. The minimum absolute atomic E-state index is 0.0251. The van der Waals surface area contributed by atoms with Gasteiger partial charge in [-0.25, -0.2) is 9.37 Å². The van der Waals surface area contributed by atoms with Gasteiger partial charge in [-0.05, 0) is 17.9 Å². The summed E-state index contributed by atoms with van der Waals surface area (Å²) in [6.45, 7) is 0. The maximum absolute atomic E-state index is 14.0. The van der Waals surface area contributed by atoms with E-state index in [-0.39, 0.29) is 23.7 Å². The van der Waals surface area contributed by atoms with Crippen LogP contribution in [0.3, 0.4) is 0 Å². The molecule has 3 rings (SSSR count). The van der Waals surface area contributed by atoms with Crippen molar-refractivity contribution in [2.24, 2.45) is 0 Å². The summed E-state index contributed by atoms with van der Waals surface area (Å²) in [5.41, 5.74) is 0.285. The molecule has 1 aromatic heterocycles. The molecule has 0 unspecified atom stereocenters. The molecule has 108 valence electrons. The third-order valence-corrected chi connectivity index (χ3v) is 3.98. The zero-order valence-electron chi connectivity index (χ0n) is 11.1. The van der Waals surface area contributed by atoms with E-state index in [1.807, 2.05) is 0 Å². The molecule has 1 aliphatic heterocycles. The van der Waals surface area contributed by atoms with Crippen LogP contribution in [0.1, 0.15) is 23.5 Å². The van der Waals surface area contributed by atoms with Gasteiger partial charge in [-0.15, -0.1) is 0 Å². The van der Waals surface area contributed by atoms with Gasteiger partial charge in [0.1, 0.15) is 11.6 Å². The monoisotopic (exact) mass is 305 g/mol. The van der Waals surface area contributed by atoms with E-state index in [0.29, 0.717) is 16.3 Å². The quantitative estimate of drug-likeness (QED) is 0.658. The predicted octanol–water partition coefficient (Wildman–Crippen LogP) is 2.10. The summed E-state index contributed by atoms with van der Waals surface area (Å²) in [6.07, 6.45) is 1.79. The number of aromatic amines is 1. The van der Waals surface area contributed by atoms with E-state index in [1.54, 1.807) is 24.5 Å². The second-order valence-electron chi connectivity index (χ2n) is 4.66. The van der Waals surface area contributed by atoms with Crippen LogP contribution in [0.15, 0.2) is 34.2 Å². The number of thioether (sulfide) groups is 1. The van der Waals surface area contributed by atoms with E-state index < -0.39 is 11.7 Å². The molecule has 1 aromatic carbocycles. The molecule has 1 atom stereocenters. The average molecular weight is 305 g/mol. The first-order chi connectivity index (χ1) is 10.1. The number of H-pyrrole nitrogens is 1. The molecular weight excluding hydrogens is 293 g/mol. The van der Waals surface area contributed by atoms with Gasteiger partial charge >= 0.3 is 0 Å². The summed E-state index contributed by atoms with van der Waals surface area (Å²) in [6, 6.07) is 6.16. The van der Waals surface area contributed by atoms with Crippen LogP contribution in [0.2, 0.25) is 0 Å². The van der Waals surface area contributed by atoms with E-state index >= 15 is 0 Å². The standard InChI is InChI=1S/C14H12FN3O2S/c1-21-14-17-12-11(13(20)18-14)8(6-10(19)16-12)7-4-2-3-5-9(7)15/h2-5,8H,6H2,1H3,(H2,16,17,18,19,20)/t8-/m1/s1. The lowest BCUT2D eigenvalue weighted by atomic mass is 9.86. The fourth-order valence-corrected chi connectivity index (χ4v) is 2.85. The fourth-order valence-electron chi connectivity index (χ4n) is 2.47. The maximum atomic E-state index is 14.0. The van der Waals surface area contributed by atoms with Gasteiger partial charge in [-0.1, -0.05) is 30.0 Å². The molecule has 2 aromatic rings. The van der Waals surface area contributed by atoms with Crippen LogP contribution in [0.5, 0.6) is 0 Å². The zero-order valence-corrected chi connectivity index (χ0v) is 12.0. The highest BCUT2D eigenvalue weighted by atomic mass is 32.2. The molecule has 1 aliphatic rings. The second kappa shape index (κ2) is 5.33. The molecule has 2 heterocycles. The number of benzene rings is 1. The van der Waals surface area contributed by atoms with Crippen LogP contribution in [0, 0.1) is 5.82 Å². The smallest absolute Gasteiger partial charge is 0.257 e. The number of anilines is 1. The minimum atomic E-state index is -0.623. The Balaban J connectivity index is 2.21. The highest BCUT2D eigenvalue weighted by molar-refractivity contribution is 7.98. The van der Waals surface area contributed by atoms with Crippen LogP contribution in [0.4, 0.5) is 10.2 Å². The normalized spacial score (nSPS) is 17.2. The van der Waals surface area contributed by atoms with Gasteiger partial charge in [-0.2, -0.15) is 0 Å². The van der Waals surface area contributed by atoms with Crippen LogP contribution in [0.25, 0.3) is 0 Å². The van der Waals surface area contributed by atoms with Crippen molar-refractivity contribution in [2.75, 3.05) is 11.6 Å². The van der Waals surface area contributed by atoms with E-state index in [2.05, 4.69) is 15.3 Å². The van der Waals surface area contributed by atoms with Gasteiger partial charge in [0.25, 0.3) is 5.56 Å². The van der Waals surface area contributed by atoms with Crippen molar-refractivity contribution in [1.82, 2.24) is 9.97 Å². The molecule has 0 radical (unpaired) electrons. The van der Waals surface area contributed by atoms with Crippen molar-refractivity contribution in [3.63, 3.8) is 0 Å². The Hall–Kier alpha value is -2.15. The number of fused-ring (bicyclic) bond motifs is 1. The van der Waals surface area contributed by atoms with Crippen molar-refractivity contribution in [2.45, 2.75) is 17.5 Å². The van der Waals surface area contributed by atoms with Crippen LogP contribution in [-0.2, 0) is 4.79 Å². The Bertz CT molecular complexity index is 775. The molecule has 2 N–H and O–H groups in total. The van der Waals surface area contributed by atoms with E-state index in [0.717, 1.165) is 0 Å². The summed E-state index contributed by atoms with van der Waals surface area (Å²) in [5.74, 6) is -1.12. The number of carbonyl (C=O) groups excluding carboxylic acids is 1. The number of aromatic nitrogens is 2. The highest BCUT2D eigenvalue weighted by Crippen LogP contribution is 2.35. The first-order valence-electron chi connectivity index (χ1n) is 6.32. The van der Waals surface area contributed by atoms with Crippen molar-refractivity contribution >= 4 is 23.5 Å². The summed E-state index contributed by atoms with van der Waals surface area (Å²) in [4.78, 5) is 30.9. The topological polar surface area (TPSA) is 74.8 Å². The number of hydrogen-bond donors (Lipinski definition) is 2. The molecule has 0 bridgehead atoms. The van der Waals surface area contributed by atoms with Gasteiger partial charge in [0.05, 0.1) is 5.56 Å². The van der Waals surface area contributed by atoms with Crippen molar-refractivity contribution in [1.29, 1.82) is 0 Å². The molecule has 0 saturated carbocycles. The number of amides is 1. The summed E-state index contributed by atoms with van der Waals surface area (Å²) < 4.78 is 14.0. The van der Waals surface area contributed by atoms with Crippen LogP contribution in [-0.4, -0.2) is 22.1 Å². The van der Waals surface area contributed by atoms with Gasteiger partial charge in [0.2, 0.25) is 5.91 Å². The van der Waals surface area contributed by atoms with Gasteiger partial charge in [0, 0.05) is 12.3 Å². The predicted molar refractivity (Wildman–Crippen MR) is 78.1 cm³/mol. The molecule has 21 heavy (non-hydrogen) atoms. The Kier molecular flexibility index (Phi) is 3.50. The number of halogens is 1. The average Bonchev–Trinajstić information content (AvgIpc) is 2.46. The van der Waals surface area contributed by atoms with Crippen molar-refractivity contribution < 1.29 is 9.18 Å². The third kappa shape index (κ3) is 2.44. The molecule has 5 nitrogen and oxygen atoms in total. The lowest BCUT2D eigenvalue weighted by molar-refractivity contribution is -0.116.